The van der Waals surface area contributed by atoms with E-state index in [1.54, 1.807) is 11.8 Å². The van der Waals surface area contributed by atoms with Crippen molar-refractivity contribution in [3.8, 4) is 0 Å². The summed E-state index contributed by atoms with van der Waals surface area (Å²) in [5, 5.41) is 0. The summed E-state index contributed by atoms with van der Waals surface area (Å²) < 4.78 is 25.0. The van der Waals surface area contributed by atoms with E-state index in [9.17, 15) is 13.2 Å². The molecule has 1 saturated heterocycles. The van der Waals surface area contributed by atoms with Gasteiger partial charge in [-0.15, -0.1) is 0 Å². The van der Waals surface area contributed by atoms with Crippen molar-refractivity contribution in [3.05, 3.63) is 0 Å². The van der Waals surface area contributed by atoms with Gasteiger partial charge in [-0.05, 0) is 26.2 Å². The summed E-state index contributed by atoms with van der Waals surface area (Å²) in [6, 6.07) is -0.00995. The molecule has 124 valence electrons. The van der Waals surface area contributed by atoms with Crippen LogP contribution in [0.25, 0.3) is 0 Å². The maximum absolute atomic E-state index is 12.4. The Bertz CT molecular complexity index is 454. The molecule has 1 fully saturated rings. The van der Waals surface area contributed by atoms with Gasteiger partial charge in [0.05, 0.1) is 11.8 Å². The molecule has 21 heavy (non-hydrogen) atoms. The molecule has 0 aromatic heterocycles. The fourth-order valence-corrected chi connectivity index (χ4v) is 4.33. The van der Waals surface area contributed by atoms with Gasteiger partial charge in [-0.25, -0.2) is 8.42 Å². The lowest BCUT2D eigenvalue weighted by Crippen LogP contribution is -2.56. The molecule has 1 aliphatic heterocycles. The van der Waals surface area contributed by atoms with Gasteiger partial charge in [0.15, 0.2) is 0 Å². The first-order valence-electron chi connectivity index (χ1n) is 7.68. The predicted molar refractivity (Wildman–Crippen MR) is 84.3 cm³/mol. The Kier molecular flexibility index (Phi) is 6.19. The summed E-state index contributed by atoms with van der Waals surface area (Å²) in [6.45, 7) is 7.26. The fourth-order valence-electron chi connectivity index (χ4n) is 3.11. The molecule has 0 aromatic carbocycles. The van der Waals surface area contributed by atoms with Crippen LogP contribution in [0.2, 0.25) is 0 Å². The smallest absolute Gasteiger partial charge is 0.242 e. The van der Waals surface area contributed by atoms with Gasteiger partial charge in [0.2, 0.25) is 15.9 Å². The normalized spacial score (nSPS) is 20.6. The first-order chi connectivity index (χ1) is 9.63. The number of nitrogens with zero attached hydrogens (tertiary/aromatic N) is 2. The van der Waals surface area contributed by atoms with Crippen LogP contribution in [0, 0.1) is 0 Å². The Morgan fingerprint density at radius 2 is 1.86 bits per heavy atom. The van der Waals surface area contributed by atoms with Gasteiger partial charge < -0.3 is 10.6 Å². The Balaban J connectivity index is 2.66. The van der Waals surface area contributed by atoms with Crippen LogP contribution in [0.4, 0.5) is 0 Å². The van der Waals surface area contributed by atoms with Crippen LogP contribution in [-0.4, -0.2) is 61.0 Å². The summed E-state index contributed by atoms with van der Waals surface area (Å²) in [5.41, 5.74) is 5.28. The number of rotatable bonds is 6. The van der Waals surface area contributed by atoms with E-state index in [4.69, 9.17) is 5.73 Å². The molecular formula is C14H29N3O3S. The molecular weight excluding hydrogens is 290 g/mol. The summed E-state index contributed by atoms with van der Waals surface area (Å²) in [6.07, 6.45) is 4.12. The van der Waals surface area contributed by atoms with E-state index in [1.807, 2.05) is 13.8 Å². The number of carbonyl (C=O) groups is 1. The maximum atomic E-state index is 12.4. The fraction of sp³-hybridized carbons (Fsp3) is 0.929. The van der Waals surface area contributed by atoms with Gasteiger partial charge >= 0.3 is 0 Å². The Morgan fingerprint density at radius 3 is 2.24 bits per heavy atom. The van der Waals surface area contributed by atoms with Gasteiger partial charge in [0.25, 0.3) is 0 Å². The minimum absolute atomic E-state index is 0.00995. The van der Waals surface area contributed by atoms with Crippen LogP contribution in [0.3, 0.4) is 0 Å². The molecule has 1 aliphatic rings. The highest BCUT2D eigenvalue weighted by Crippen LogP contribution is 2.22. The van der Waals surface area contributed by atoms with E-state index in [0.717, 1.165) is 6.42 Å². The molecule has 1 heterocycles. The quantitative estimate of drug-likeness (QED) is 0.784. The van der Waals surface area contributed by atoms with Gasteiger partial charge in [0, 0.05) is 25.7 Å². The predicted octanol–water partition coefficient (Wildman–Crippen LogP) is 0.776. The van der Waals surface area contributed by atoms with E-state index >= 15 is 0 Å². The number of carbonyl (C=O) groups excluding carboxylic acids is 1. The second-order valence-electron chi connectivity index (χ2n) is 6.16. The third-order valence-electron chi connectivity index (χ3n) is 4.15. The van der Waals surface area contributed by atoms with E-state index in [1.165, 1.54) is 10.6 Å². The van der Waals surface area contributed by atoms with Gasteiger partial charge in [0.1, 0.15) is 0 Å². The second kappa shape index (κ2) is 7.07. The standard InChI is InChI=1S/C14H29N3O3S/c1-5-9-14(3,15)13(18)16-10-7-12(8-11-16)17(6-2)21(4,19)20/h12H,5-11,15H2,1-4H3. The minimum Gasteiger partial charge on any atom is -0.341 e. The minimum atomic E-state index is -3.18. The van der Waals surface area contributed by atoms with Crippen molar-refractivity contribution in [2.45, 2.75) is 58.0 Å². The highest BCUT2D eigenvalue weighted by molar-refractivity contribution is 7.88. The number of amides is 1. The SMILES string of the molecule is CCCC(C)(N)C(=O)N1CCC(N(CC)S(C)(=O)=O)CC1. The average molecular weight is 319 g/mol. The number of hydrogen-bond acceptors (Lipinski definition) is 4. The maximum Gasteiger partial charge on any atom is 0.242 e. The number of sulfonamides is 1. The highest BCUT2D eigenvalue weighted by Gasteiger charge is 2.36. The van der Waals surface area contributed by atoms with Gasteiger partial charge in [-0.3, -0.25) is 4.79 Å². The van der Waals surface area contributed by atoms with Crippen molar-refractivity contribution in [3.63, 3.8) is 0 Å². The lowest BCUT2D eigenvalue weighted by atomic mass is 9.94. The third kappa shape index (κ3) is 4.66. The average Bonchev–Trinajstić information content (AvgIpc) is 2.38. The van der Waals surface area contributed by atoms with Crippen LogP contribution in [0.5, 0.6) is 0 Å². The highest BCUT2D eigenvalue weighted by atomic mass is 32.2. The van der Waals surface area contributed by atoms with E-state index in [-0.39, 0.29) is 11.9 Å². The molecule has 0 saturated carbocycles. The van der Waals surface area contributed by atoms with Crippen molar-refractivity contribution in [2.24, 2.45) is 5.73 Å². The van der Waals surface area contributed by atoms with Crippen LogP contribution in [-0.2, 0) is 14.8 Å². The van der Waals surface area contributed by atoms with Crippen LogP contribution in [0.1, 0.15) is 46.5 Å². The molecule has 7 heteroatoms. The molecule has 2 N–H and O–H groups in total. The number of hydrogen-bond donors (Lipinski definition) is 1. The second-order valence-corrected chi connectivity index (χ2v) is 8.09. The summed E-state index contributed by atoms with van der Waals surface area (Å²) in [4.78, 5) is 14.2. The molecule has 1 atom stereocenters. The van der Waals surface area contributed by atoms with Crippen molar-refractivity contribution in [1.29, 1.82) is 0 Å². The van der Waals surface area contributed by atoms with Crippen molar-refractivity contribution in [1.82, 2.24) is 9.21 Å². The first-order valence-corrected chi connectivity index (χ1v) is 9.53. The number of piperidine rings is 1. The van der Waals surface area contributed by atoms with E-state index in [0.29, 0.717) is 38.9 Å². The summed E-state index contributed by atoms with van der Waals surface area (Å²) in [5.74, 6) is -0.0230. The molecule has 0 spiro atoms. The zero-order valence-corrected chi connectivity index (χ0v) is 14.4. The van der Waals surface area contributed by atoms with Crippen molar-refractivity contribution < 1.29 is 13.2 Å². The van der Waals surface area contributed by atoms with Gasteiger partial charge in [-0.1, -0.05) is 20.3 Å². The third-order valence-corrected chi connectivity index (χ3v) is 5.56. The Morgan fingerprint density at radius 1 is 1.33 bits per heavy atom. The van der Waals surface area contributed by atoms with Crippen LogP contribution >= 0.6 is 0 Å². The molecule has 0 radical (unpaired) electrons. The van der Waals surface area contributed by atoms with Crippen LogP contribution in [0.15, 0.2) is 0 Å². The zero-order chi connectivity index (χ0) is 16.3. The van der Waals surface area contributed by atoms with Crippen molar-refractivity contribution >= 4 is 15.9 Å². The number of likely N-dealkylation sites (tertiary alicyclic amines) is 1. The molecule has 0 bridgehead atoms. The molecule has 1 amide bonds. The lowest BCUT2D eigenvalue weighted by molar-refractivity contribution is -0.138. The topological polar surface area (TPSA) is 83.7 Å². The molecule has 1 rings (SSSR count). The van der Waals surface area contributed by atoms with Gasteiger partial charge in [-0.2, -0.15) is 4.31 Å². The largest absolute Gasteiger partial charge is 0.341 e. The summed E-state index contributed by atoms with van der Waals surface area (Å²) in [7, 11) is -3.18. The number of nitrogens with two attached hydrogens (primary N) is 1. The summed E-state index contributed by atoms with van der Waals surface area (Å²) >= 11 is 0. The van der Waals surface area contributed by atoms with Crippen molar-refractivity contribution in [2.75, 3.05) is 25.9 Å². The first kappa shape index (κ1) is 18.4. The lowest BCUT2D eigenvalue weighted by Gasteiger charge is -2.39. The zero-order valence-electron chi connectivity index (χ0n) is 13.6. The molecule has 0 aromatic rings. The molecule has 6 nitrogen and oxygen atoms in total. The van der Waals surface area contributed by atoms with E-state index in [2.05, 4.69) is 0 Å². The molecule has 0 aliphatic carbocycles. The van der Waals surface area contributed by atoms with Crippen LogP contribution < -0.4 is 5.73 Å². The Labute approximate surface area is 128 Å². The monoisotopic (exact) mass is 319 g/mol. The Hall–Kier alpha value is -0.660. The van der Waals surface area contributed by atoms with E-state index < -0.39 is 15.6 Å². The molecule has 1 unspecified atom stereocenters.